The van der Waals surface area contributed by atoms with Gasteiger partial charge in [-0.25, -0.2) is 13.1 Å². The smallest absolute Gasteiger partial charge is 0.216 e. The van der Waals surface area contributed by atoms with Gasteiger partial charge in [0.1, 0.15) is 5.84 Å². The summed E-state index contributed by atoms with van der Waals surface area (Å²) in [6.07, 6.45) is 2.29. The lowest BCUT2D eigenvalue weighted by atomic mass is 10.0. The van der Waals surface area contributed by atoms with E-state index in [-0.39, 0.29) is 23.5 Å². The summed E-state index contributed by atoms with van der Waals surface area (Å²) in [4.78, 5) is 0. The molecule has 4 N–H and O–H groups in total. The normalized spacial score (nSPS) is 23.9. The van der Waals surface area contributed by atoms with Gasteiger partial charge in [0.05, 0.1) is 5.75 Å². The number of rotatable bonds is 5. The molecule has 2 unspecified atom stereocenters. The molecule has 0 aliphatic heterocycles. The summed E-state index contributed by atoms with van der Waals surface area (Å²) in [6.45, 7) is 0. The molecule has 1 aromatic carbocycles. The van der Waals surface area contributed by atoms with E-state index in [0.717, 1.165) is 18.4 Å². The number of sulfonamides is 1. The van der Waals surface area contributed by atoms with Crippen LogP contribution >= 0.6 is 0 Å². The zero-order valence-electron chi connectivity index (χ0n) is 11.1. The van der Waals surface area contributed by atoms with E-state index in [0.29, 0.717) is 6.42 Å². The Morgan fingerprint density at radius 3 is 2.70 bits per heavy atom. The summed E-state index contributed by atoms with van der Waals surface area (Å²) in [5, 5.41) is 11.7. The van der Waals surface area contributed by atoms with Gasteiger partial charge in [-0.3, -0.25) is 0 Å². The molecule has 0 bridgehead atoms. The Bertz CT molecular complexity index is 572. The SMILES string of the molecule is NC(=NO)C1CCCC1NS(=O)(=O)Cc1ccccc1. The average Bonchev–Trinajstić information content (AvgIpc) is 2.85. The van der Waals surface area contributed by atoms with Gasteiger partial charge in [-0.15, -0.1) is 0 Å². The molecule has 7 heteroatoms. The van der Waals surface area contributed by atoms with Gasteiger partial charge in [-0.05, 0) is 18.4 Å². The van der Waals surface area contributed by atoms with Crippen LogP contribution in [0.4, 0.5) is 0 Å². The molecule has 0 aromatic heterocycles. The van der Waals surface area contributed by atoms with Crippen LogP contribution in [0.25, 0.3) is 0 Å². The van der Waals surface area contributed by atoms with Crippen LogP contribution in [0.15, 0.2) is 35.5 Å². The number of amidine groups is 1. The van der Waals surface area contributed by atoms with Crippen molar-refractivity contribution in [3.05, 3.63) is 35.9 Å². The Morgan fingerprint density at radius 2 is 2.05 bits per heavy atom. The molecule has 1 aliphatic rings. The topological polar surface area (TPSA) is 105 Å². The number of benzene rings is 1. The quantitative estimate of drug-likeness (QED) is 0.326. The van der Waals surface area contributed by atoms with Crippen LogP contribution < -0.4 is 10.5 Å². The molecule has 0 amide bonds. The highest BCUT2D eigenvalue weighted by molar-refractivity contribution is 7.88. The molecule has 0 saturated heterocycles. The Kier molecular flexibility index (Phi) is 4.61. The minimum Gasteiger partial charge on any atom is -0.409 e. The maximum atomic E-state index is 12.2. The summed E-state index contributed by atoms with van der Waals surface area (Å²) in [5.74, 6) is -0.201. The van der Waals surface area contributed by atoms with Gasteiger partial charge in [0.15, 0.2) is 0 Å². The number of oxime groups is 1. The molecular weight excluding hydrogens is 278 g/mol. The van der Waals surface area contributed by atoms with Gasteiger partial charge in [0.25, 0.3) is 0 Å². The van der Waals surface area contributed by atoms with Crippen LogP contribution in [-0.4, -0.2) is 25.5 Å². The molecule has 1 aromatic rings. The Morgan fingerprint density at radius 1 is 1.35 bits per heavy atom. The van der Waals surface area contributed by atoms with Crippen molar-refractivity contribution in [3.63, 3.8) is 0 Å². The zero-order chi connectivity index (χ0) is 14.6. The molecule has 2 rings (SSSR count). The number of nitrogens with one attached hydrogen (secondary N) is 1. The zero-order valence-corrected chi connectivity index (χ0v) is 11.9. The number of hydrogen-bond acceptors (Lipinski definition) is 4. The highest BCUT2D eigenvalue weighted by atomic mass is 32.2. The molecule has 6 nitrogen and oxygen atoms in total. The maximum absolute atomic E-state index is 12.2. The molecule has 1 fully saturated rings. The van der Waals surface area contributed by atoms with Crippen molar-refractivity contribution in [3.8, 4) is 0 Å². The summed E-state index contributed by atoms with van der Waals surface area (Å²) in [7, 11) is -3.43. The van der Waals surface area contributed by atoms with E-state index in [4.69, 9.17) is 10.9 Å². The third-order valence-electron chi connectivity index (χ3n) is 3.54. The molecule has 2 atom stereocenters. The fourth-order valence-electron chi connectivity index (χ4n) is 2.60. The summed E-state index contributed by atoms with van der Waals surface area (Å²) >= 11 is 0. The molecule has 110 valence electrons. The standard InChI is InChI=1S/C13H19N3O3S/c14-13(15-17)11-7-4-8-12(11)16-20(18,19)9-10-5-2-1-3-6-10/h1-3,5-6,11-12,16-17H,4,7-9H2,(H2,14,15). The molecule has 20 heavy (non-hydrogen) atoms. The first kappa shape index (κ1) is 14.8. The largest absolute Gasteiger partial charge is 0.409 e. The lowest BCUT2D eigenvalue weighted by Crippen LogP contribution is -2.42. The lowest BCUT2D eigenvalue weighted by molar-refractivity contribution is 0.312. The maximum Gasteiger partial charge on any atom is 0.216 e. The van der Waals surface area contributed by atoms with Crippen LogP contribution in [0, 0.1) is 5.92 Å². The predicted molar refractivity (Wildman–Crippen MR) is 76.7 cm³/mol. The highest BCUT2D eigenvalue weighted by Gasteiger charge is 2.33. The van der Waals surface area contributed by atoms with Gasteiger partial charge < -0.3 is 10.9 Å². The molecule has 0 spiro atoms. The van der Waals surface area contributed by atoms with E-state index in [9.17, 15) is 8.42 Å². The minimum absolute atomic E-state index is 0.0623. The summed E-state index contributed by atoms with van der Waals surface area (Å²) in [5.41, 5.74) is 6.34. The van der Waals surface area contributed by atoms with Crippen LogP contribution in [-0.2, 0) is 15.8 Å². The van der Waals surface area contributed by atoms with Gasteiger partial charge in [-0.2, -0.15) is 0 Å². The highest BCUT2D eigenvalue weighted by Crippen LogP contribution is 2.26. The van der Waals surface area contributed by atoms with Crippen LogP contribution in [0.2, 0.25) is 0 Å². The van der Waals surface area contributed by atoms with E-state index in [1.165, 1.54) is 0 Å². The third kappa shape index (κ3) is 3.71. The van der Waals surface area contributed by atoms with Crippen molar-refractivity contribution in [1.29, 1.82) is 0 Å². The van der Waals surface area contributed by atoms with Crippen molar-refractivity contribution in [2.45, 2.75) is 31.1 Å². The Balaban J connectivity index is 2.05. The molecular formula is C13H19N3O3S. The monoisotopic (exact) mass is 297 g/mol. The molecule has 0 heterocycles. The van der Waals surface area contributed by atoms with E-state index in [1.54, 1.807) is 24.3 Å². The van der Waals surface area contributed by atoms with Gasteiger partial charge in [-0.1, -0.05) is 41.9 Å². The first-order chi connectivity index (χ1) is 9.52. The second-order valence-corrected chi connectivity index (χ2v) is 6.79. The van der Waals surface area contributed by atoms with Crippen molar-refractivity contribution < 1.29 is 13.6 Å². The lowest BCUT2D eigenvalue weighted by Gasteiger charge is -2.19. The fourth-order valence-corrected chi connectivity index (χ4v) is 4.05. The van der Waals surface area contributed by atoms with E-state index < -0.39 is 10.0 Å². The number of hydrogen-bond donors (Lipinski definition) is 3. The minimum atomic E-state index is -3.43. The first-order valence-corrected chi connectivity index (χ1v) is 8.18. The average molecular weight is 297 g/mol. The third-order valence-corrected chi connectivity index (χ3v) is 4.92. The van der Waals surface area contributed by atoms with Crippen molar-refractivity contribution in [2.24, 2.45) is 16.8 Å². The van der Waals surface area contributed by atoms with Gasteiger partial charge in [0, 0.05) is 12.0 Å². The number of nitrogens with zero attached hydrogens (tertiary/aromatic N) is 1. The molecule has 0 radical (unpaired) electrons. The van der Waals surface area contributed by atoms with Crippen molar-refractivity contribution in [1.82, 2.24) is 4.72 Å². The predicted octanol–water partition coefficient (Wildman–Crippen LogP) is 1.02. The molecule has 1 aliphatic carbocycles. The van der Waals surface area contributed by atoms with Crippen LogP contribution in [0.1, 0.15) is 24.8 Å². The van der Waals surface area contributed by atoms with Crippen molar-refractivity contribution >= 4 is 15.9 Å². The number of nitrogens with two attached hydrogens (primary N) is 1. The van der Waals surface area contributed by atoms with E-state index >= 15 is 0 Å². The van der Waals surface area contributed by atoms with Crippen molar-refractivity contribution in [2.75, 3.05) is 0 Å². The second kappa shape index (κ2) is 6.23. The van der Waals surface area contributed by atoms with Gasteiger partial charge >= 0.3 is 0 Å². The summed E-state index contributed by atoms with van der Waals surface area (Å²) < 4.78 is 27.0. The van der Waals surface area contributed by atoms with E-state index in [1.807, 2.05) is 6.07 Å². The van der Waals surface area contributed by atoms with Crippen LogP contribution in [0.3, 0.4) is 0 Å². The first-order valence-electron chi connectivity index (χ1n) is 6.53. The summed E-state index contributed by atoms with van der Waals surface area (Å²) in [6, 6.07) is 8.71. The second-order valence-electron chi connectivity index (χ2n) is 5.03. The van der Waals surface area contributed by atoms with Crippen LogP contribution in [0.5, 0.6) is 0 Å². The van der Waals surface area contributed by atoms with E-state index in [2.05, 4.69) is 9.88 Å². The van der Waals surface area contributed by atoms with Gasteiger partial charge in [0.2, 0.25) is 10.0 Å². The molecule has 1 saturated carbocycles. The Hall–Kier alpha value is -1.60. The fraction of sp³-hybridized carbons (Fsp3) is 0.462. The Labute approximate surface area is 118 Å².